The molecular formula is C24H24Cl3N3O. The van der Waals surface area contributed by atoms with E-state index in [4.69, 9.17) is 34.8 Å². The number of hydrogen-bond acceptors (Lipinski definition) is 4. The molecule has 1 fully saturated rings. The van der Waals surface area contributed by atoms with Gasteiger partial charge in [-0.15, -0.1) is 0 Å². The first-order chi connectivity index (χ1) is 14.8. The van der Waals surface area contributed by atoms with E-state index in [0.29, 0.717) is 21.6 Å². The molecule has 1 aliphatic rings. The number of nitrogens with zero attached hydrogens (tertiary/aromatic N) is 3. The number of rotatable bonds is 5. The molecule has 31 heavy (non-hydrogen) atoms. The van der Waals surface area contributed by atoms with Crippen LogP contribution in [0.5, 0.6) is 0 Å². The van der Waals surface area contributed by atoms with E-state index in [2.05, 4.69) is 14.8 Å². The number of benzene rings is 2. The highest BCUT2D eigenvalue weighted by molar-refractivity contribution is 6.36. The van der Waals surface area contributed by atoms with Crippen LogP contribution in [0.2, 0.25) is 15.1 Å². The standard InChI is InChI=1S/C24H24Cl3N3O/c1-24(31,18-8-10-28-11-9-18)16-29-12-13-30(22-7-6-20(26)14-21(22)27)23(15-29)17-2-4-19(25)5-3-17/h2-11,14,23,31H,12-13,15-16H2,1H3/t23-,24+/m0/s1. The topological polar surface area (TPSA) is 39.6 Å². The SMILES string of the molecule is C[C@@](O)(CN1CCN(c2ccc(Cl)cc2Cl)[C@H](c2ccc(Cl)cc2)C1)c1ccncc1. The minimum absolute atomic E-state index is 0.0536. The number of halogens is 3. The lowest BCUT2D eigenvalue weighted by molar-refractivity contribution is 0.0102. The van der Waals surface area contributed by atoms with Gasteiger partial charge in [-0.05, 0) is 60.5 Å². The maximum atomic E-state index is 11.2. The van der Waals surface area contributed by atoms with Crippen molar-refractivity contribution in [2.45, 2.75) is 18.6 Å². The Morgan fingerprint density at radius 2 is 1.65 bits per heavy atom. The van der Waals surface area contributed by atoms with Gasteiger partial charge in [-0.25, -0.2) is 0 Å². The Balaban J connectivity index is 1.62. The molecule has 2 aromatic carbocycles. The van der Waals surface area contributed by atoms with E-state index in [9.17, 15) is 5.11 Å². The molecule has 2 heterocycles. The summed E-state index contributed by atoms with van der Waals surface area (Å²) in [4.78, 5) is 8.66. The molecule has 7 heteroatoms. The van der Waals surface area contributed by atoms with E-state index in [-0.39, 0.29) is 6.04 Å². The van der Waals surface area contributed by atoms with Crippen molar-refractivity contribution >= 4 is 40.5 Å². The van der Waals surface area contributed by atoms with Crippen LogP contribution < -0.4 is 4.90 Å². The van der Waals surface area contributed by atoms with Gasteiger partial charge >= 0.3 is 0 Å². The lowest BCUT2D eigenvalue weighted by Gasteiger charge is -2.45. The van der Waals surface area contributed by atoms with E-state index in [1.165, 1.54) is 0 Å². The zero-order valence-electron chi connectivity index (χ0n) is 17.2. The van der Waals surface area contributed by atoms with Gasteiger partial charge in [0, 0.05) is 48.6 Å². The molecule has 162 valence electrons. The number of hydrogen-bond donors (Lipinski definition) is 1. The van der Waals surface area contributed by atoms with E-state index in [1.807, 2.05) is 55.5 Å². The maximum absolute atomic E-state index is 11.2. The van der Waals surface area contributed by atoms with Crippen LogP contribution in [0.4, 0.5) is 5.69 Å². The fraction of sp³-hybridized carbons (Fsp3) is 0.292. The summed E-state index contributed by atoms with van der Waals surface area (Å²) < 4.78 is 0. The largest absolute Gasteiger partial charge is 0.384 e. The van der Waals surface area contributed by atoms with Crippen molar-refractivity contribution in [3.63, 3.8) is 0 Å². The Kier molecular flexibility index (Phi) is 6.75. The van der Waals surface area contributed by atoms with Gasteiger partial charge in [0.15, 0.2) is 0 Å². The zero-order chi connectivity index (χ0) is 22.0. The first-order valence-corrected chi connectivity index (χ1v) is 11.3. The molecule has 0 aliphatic carbocycles. The summed E-state index contributed by atoms with van der Waals surface area (Å²) in [6.45, 7) is 4.67. The van der Waals surface area contributed by atoms with Gasteiger partial charge in [-0.1, -0.05) is 46.9 Å². The average molecular weight is 477 g/mol. The van der Waals surface area contributed by atoms with Crippen LogP contribution >= 0.6 is 34.8 Å². The summed E-state index contributed by atoms with van der Waals surface area (Å²) in [5, 5.41) is 13.1. The Labute approximate surface area is 198 Å². The van der Waals surface area contributed by atoms with Gasteiger partial charge < -0.3 is 10.0 Å². The molecule has 0 spiro atoms. The molecule has 0 amide bonds. The van der Waals surface area contributed by atoms with Crippen LogP contribution in [-0.4, -0.2) is 41.2 Å². The predicted octanol–water partition coefficient (Wildman–Crippen LogP) is 5.81. The Hall–Kier alpha value is -1.82. The van der Waals surface area contributed by atoms with Crippen LogP contribution in [-0.2, 0) is 5.60 Å². The minimum atomic E-state index is -0.979. The third-order valence-corrected chi connectivity index (χ3v) is 6.56. The van der Waals surface area contributed by atoms with Crippen molar-refractivity contribution in [3.8, 4) is 0 Å². The van der Waals surface area contributed by atoms with Crippen molar-refractivity contribution in [3.05, 3.63) is 93.2 Å². The Morgan fingerprint density at radius 3 is 2.32 bits per heavy atom. The van der Waals surface area contributed by atoms with E-state index in [1.54, 1.807) is 18.5 Å². The van der Waals surface area contributed by atoms with Gasteiger partial charge in [-0.2, -0.15) is 0 Å². The van der Waals surface area contributed by atoms with Crippen LogP contribution in [0.15, 0.2) is 67.0 Å². The van der Waals surface area contributed by atoms with Crippen LogP contribution in [0.3, 0.4) is 0 Å². The first kappa shape index (κ1) is 22.4. The van der Waals surface area contributed by atoms with Gasteiger partial charge in [0.25, 0.3) is 0 Å². The molecular weight excluding hydrogens is 453 g/mol. The third-order valence-electron chi connectivity index (χ3n) is 5.77. The summed E-state index contributed by atoms with van der Waals surface area (Å²) in [6.07, 6.45) is 3.42. The minimum Gasteiger partial charge on any atom is -0.384 e. The lowest BCUT2D eigenvalue weighted by Crippen LogP contribution is -2.52. The van der Waals surface area contributed by atoms with Crippen molar-refractivity contribution in [1.82, 2.24) is 9.88 Å². The maximum Gasteiger partial charge on any atom is 0.0995 e. The molecule has 0 radical (unpaired) electrons. The van der Waals surface area contributed by atoms with Gasteiger partial charge in [0.05, 0.1) is 22.4 Å². The molecule has 4 nitrogen and oxygen atoms in total. The fourth-order valence-corrected chi connectivity index (χ4v) is 4.84. The summed E-state index contributed by atoms with van der Waals surface area (Å²) in [5.41, 5.74) is 1.97. The van der Waals surface area contributed by atoms with Crippen molar-refractivity contribution in [2.75, 3.05) is 31.1 Å². The summed E-state index contributed by atoms with van der Waals surface area (Å²) in [6, 6.07) is 17.3. The molecule has 4 rings (SSSR count). The van der Waals surface area contributed by atoms with Gasteiger partial charge in [0.2, 0.25) is 0 Å². The summed E-state index contributed by atoms with van der Waals surface area (Å²) >= 11 is 18.8. The molecule has 1 aliphatic heterocycles. The van der Waals surface area contributed by atoms with Crippen LogP contribution in [0.1, 0.15) is 24.1 Å². The molecule has 3 aromatic rings. The molecule has 1 saturated heterocycles. The van der Waals surface area contributed by atoms with Gasteiger partial charge in [0.1, 0.15) is 0 Å². The highest BCUT2D eigenvalue weighted by atomic mass is 35.5. The highest BCUT2D eigenvalue weighted by Crippen LogP contribution is 2.37. The van der Waals surface area contributed by atoms with Crippen molar-refractivity contribution < 1.29 is 5.11 Å². The number of β-amino-alcohol motifs (C(OH)–C–C–N with tert-alkyl or cyclic N) is 1. The predicted molar refractivity (Wildman–Crippen MR) is 128 cm³/mol. The smallest absolute Gasteiger partial charge is 0.0995 e. The quantitative estimate of drug-likeness (QED) is 0.504. The van der Waals surface area contributed by atoms with Crippen LogP contribution in [0, 0.1) is 0 Å². The number of aromatic nitrogens is 1. The van der Waals surface area contributed by atoms with E-state index in [0.717, 1.165) is 36.4 Å². The third kappa shape index (κ3) is 5.16. The highest BCUT2D eigenvalue weighted by Gasteiger charge is 2.34. The number of pyridine rings is 1. The number of aliphatic hydroxyl groups is 1. The van der Waals surface area contributed by atoms with Crippen LogP contribution in [0.25, 0.3) is 0 Å². The summed E-state index contributed by atoms with van der Waals surface area (Å²) in [7, 11) is 0. The van der Waals surface area contributed by atoms with Gasteiger partial charge in [-0.3, -0.25) is 9.88 Å². The number of piperazine rings is 1. The normalized spacial score (nSPS) is 19.3. The molecule has 1 aromatic heterocycles. The lowest BCUT2D eigenvalue weighted by atomic mass is 9.94. The second-order valence-electron chi connectivity index (χ2n) is 8.10. The monoisotopic (exact) mass is 475 g/mol. The Morgan fingerprint density at radius 1 is 0.968 bits per heavy atom. The number of anilines is 1. The van der Waals surface area contributed by atoms with E-state index >= 15 is 0 Å². The molecule has 1 N–H and O–H groups in total. The van der Waals surface area contributed by atoms with Crippen molar-refractivity contribution in [1.29, 1.82) is 0 Å². The fourth-order valence-electron chi connectivity index (χ4n) is 4.19. The molecule has 2 atom stereocenters. The Bertz CT molecular complexity index is 1030. The second kappa shape index (κ2) is 9.35. The molecule has 0 bridgehead atoms. The van der Waals surface area contributed by atoms with E-state index < -0.39 is 5.60 Å². The molecule has 0 unspecified atom stereocenters. The molecule has 0 saturated carbocycles. The van der Waals surface area contributed by atoms with Crippen molar-refractivity contribution in [2.24, 2.45) is 0 Å². The summed E-state index contributed by atoms with van der Waals surface area (Å²) in [5.74, 6) is 0. The zero-order valence-corrected chi connectivity index (χ0v) is 19.4. The first-order valence-electron chi connectivity index (χ1n) is 10.2. The second-order valence-corrected chi connectivity index (χ2v) is 9.38. The average Bonchev–Trinajstić information content (AvgIpc) is 2.75.